The summed E-state index contributed by atoms with van der Waals surface area (Å²) in [7, 11) is 2.03. The smallest absolute Gasteiger partial charge is 0.231 e. The van der Waals surface area contributed by atoms with E-state index >= 15 is 0 Å². The Morgan fingerprint density at radius 3 is 2.18 bits per heavy atom. The normalized spacial score (nSPS) is 27.4. The lowest BCUT2D eigenvalue weighted by molar-refractivity contribution is 0.0853. The van der Waals surface area contributed by atoms with Crippen LogP contribution in [0.3, 0.4) is 0 Å². The fourth-order valence-corrected chi connectivity index (χ4v) is 4.66. The Bertz CT molecular complexity index is 885. The Labute approximate surface area is 164 Å². The van der Waals surface area contributed by atoms with E-state index in [1.54, 1.807) is 0 Å². The Hall–Kier alpha value is -2.44. The molecule has 6 heteroatoms. The second-order valence-corrected chi connectivity index (χ2v) is 7.72. The summed E-state index contributed by atoms with van der Waals surface area (Å²) in [6.45, 7) is 3.47. The Morgan fingerprint density at radius 2 is 1.50 bits per heavy atom. The molecule has 0 bridgehead atoms. The van der Waals surface area contributed by atoms with Gasteiger partial charge in [0.2, 0.25) is 13.6 Å². The van der Waals surface area contributed by atoms with E-state index in [2.05, 4.69) is 36.5 Å². The van der Waals surface area contributed by atoms with E-state index in [9.17, 15) is 0 Å². The van der Waals surface area contributed by atoms with Crippen molar-refractivity contribution >= 4 is 0 Å². The minimum absolute atomic E-state index is 0.0990. The number of hydrogen-bond donors (Lipinski definition) is 1. The van der Waals surface area contributed by atoms with E-state index in [-0.39, 0.29) is 11.6 Å². The van der Waals surface area contributed by atoms with Crippen LogP contribution in [0, 0.1) is 5.92 Å². The van der Waals surface area contributed by atoms with Crippen molar-refractivity contribution in [2.75, 3.05) is 27.2 Å². The molecule has 0 saturated carbocycles. The van der Waals surface area contributed by atoms with Crippen LogP contribution in [0.15, 0.2) is 36.4 Å². The Morgan fingerprint density at radius 1 is 0.893 bits per heavy atom. The molecule has 5 rings (SSSR count). The molecule has 1 unspecified atom stereocenters. The molecule has 2 aromatic carbocycles. The first-order valence-corrected chi connectivity index (χ1v) is 9.75. The highest BCUT2D eigenvalue weighted by Gasteiger charge is 2.48. The van der Waals surface area contributed by atoms with Crippen molar-refractivity contribution in [3.05, 3.63) is 47.5 Å². The van der Waals surface area contributed by atoms with E-state index in [0.29, 0.717) is 19.5 Å². The molecule has 3 aliphatic rings. The maximum atomic E-state index is 6.13. The highest BCUT2D eigenvalue weighted by Crippen LogP contribution is 2.40. The molecule has 3 heterocycles. The lowest BCUT2D eigenvalue weighted by Crippen LogP contribution is -2.55. The first-order chi connectivity index (χ1) is 13.7. The van der Waals surface area contributed by atoms with E-state index in [1.807, 2.05) is 19.2 Å². The molecule has 3 aliphatic heterocycles. The predicted octanol–water partition coefficient (Wildman–Crippen LogP) is 2.92. The number of hydrogen-bond acceptors (Lipinski definition) is 6. The summed E-state index contributed by atoms with van der Waals surface area (Å²) in [6.07, 6.45) is 1.87. The van der Waals surface area contributed by atoms with Gasteiger partial charge in [-0.2, -0.15) is 0 Å². The minimum atomic E-state index is -0.163. The first kappa shape index (κ1) is 17.6. The molecule has 2 aromatic rings. The van der Waals surface area contributed by atoms with Gasteiger partial charge in [0.15, 0.2) is 23.0 Å². The van der Waals surface area contributed by atoms with Crippen molar-refractivity contribution in [2.24, 2.45) is 5.92 Å². The fraction of sp³-hybridized carbons (Fsp3) is 0.455. The quantitative estimate of drug-likeness (QED) is 0.857. The van der Waals surface area contributed by atoms with Gasteiger partial charge >= 0.3 is 0 Å². The third-order valence-corrected chi connectivity index (χ3v) is 6.32. The van der Waals surface area contributed by atoms with Crippen LogP contribution in [0.1, 0.15) is 18.1 Å². The molecule has 28 heavy (non-hydrogen) atoms. The average Bonchev–Trinajstić information content (AvgIpc) is 3.42. The van der Waals surface area contributed by atoms with Gasteiger partial charge in [-0.1, -0.05) is 12.1 Å². The fourth-order valence-electron chi connectivity index (χ4n) is 4.66. The molecule has 148 valence electrons. The maximum absolute atomic E-state index is 6.13. The van der Waals surface area contributed by atoms with Crippen molar-refractivity contribution < 1.29 is 23.7 Å². The van der Waals surface area contributed by atoms with Gasteiger partial charge in [-0.05, 0) is 62.2 Å². The topological polar surface area (TPSA) is 58.2 Å². The van der Waals surface area contributed by atoms with Crippen LogP contribution in [0.25, 0.3) is 0 Å². The molecule has 6 nitrogen and oxygen atoms in total. The van der Waals surface area contributed by atoms with E-state index in [0.717, 1.165) is 42.4 Å². The number of fused-ring (bicyclic) bond motifs is 2. The predicted molar refractivity (Wildman–Crippen MR) is 103 cm³/mol. The third-order valence-electron chi connectivity index (χ3n) is 6.32. The summed E-state index contributed by atoms with van der Waals surface area (Å²) in [6, 6.07) is 12.4. The molecule has 3 atom stereocenters. The maximum Gasteiger partial charge on any atom is 0.231 e. The van der Waals surface area contributed by atoms with Crippen LogP contribution < -0.4 is 24.3 Å². The van der Waals surface area contributed by atoms with Crippen LogP contribution >= 0.6 is 0 Å². The second kappa shape index (κ2) is 6.87. The highest BCUT2D eigenvalue weighted by molar-refractivity contribution is 5.46. The number of rotatable bonds is 5. The van der Waals surface area contributed by atoms with Gasteiger partial charge in [-0.25, -0.2) is 0 Å². The Balaban J connectivity index is 1.41. The summed E-state index contributed by atoms with van der Waals surface area (Å²) in [5.74, 6) is 3.62. The molecule has 0 radical (unpaired) electrons. The highest BCUT2D eigenvalue weighted by atomic mass is 16.7. The van der Waals surface area contributed by atoms with Gasteiger partial charge in [0.05, 0.1) is 18.2 Å². The van der Waals surface area contributed by atoms with Gasteiger partial charge in [0.25, 0.3) is 0 Å². The summed E-state index contributed by atoms with van der Waals surface area (Å²) >= 11 is 0. The van der Waals surface area contributed by atoms with Crippen LogP contribution in [0.4, 0.5) is 0 Å². The van der Waals surface area contributed by atoms with Crippen molar-refractivity contribution in [3.8, 4) is 23.0 Å². The van der Waals surface area contributed by atoms with Gasteiger partial charge in [0, 0.05) is 5.92 Å². The zero-order valence-electron chi connectivity index (χ0n) is 16.2. The zero-order chi connectivity index (χ0) is 19.1. The molecule has 1 saturated heterocycles. The first-order valence-electron chi connectivity index (χ1n) is 9.75. The van der Waals surface area contributed by atoms with Crippen molar-refractivity contribution in [3.63, 3.8) is 0 Å². The SMILES string of the molecule is CN[C@]1(Cc2ccc3c(c2)OCO3)C(C)OC[C@@H]1Cc1ccc2c(c1)OCO2. The van der Waals surface area contributed by atoms with Crippen molar-refractivity contribution in [2.45, 2.75) is 31.4 Å². The van der Waals surface area contributed by atoms with Crippen LogP contribution in [0.2, 0.25) is 0 Å². The van der Waals surface area contributed by atoms with E-state index < -0.39 is 0 Å². The second-order valence-electron chi connectivity index (χ2n) is 7.72. The average molecular weight is 383 g/mol. The van der Waals surface area contributed by atoms with Gasteiger partial charge in [-0.15, -0.1) is 0 Å². The summed E-state index contributed by atoms with van der Waals surface area (Å²) in [5, 5.41) is 3.61. The van der Waals surface area contributed by atoms with Gasteiger partial charge in [-0.3, -0.25) is 0 Å². The number of ether oxygens (including phenoxy) is 5. The van der Waals surface area contributed by atoms with E-state index in [4.69, 9.17) is 23.7 Å². The standard InChI is InChI=1S/C22H25NO5/c1-14-22(23-2,10-16-4-6-19-21(9-16)28-13-26-19)17(11-24-14)7-15-3-5-18-20(8-15)27-12-25-18/h3-6,8-9,14,17,23H,7,10-13H2,1-2H3/t14?,17-,22+/m0/s1. The zero-order valence-corrected chi connectivity index (χ0v) is 16.2. The summed E-state index contributed by atoms with van der Waals surface area (Å²) < 4.78 is 28.1. The van der Waals surface area contributed by atoms with Crippen LogP contribution in [-0.2, 0) is 17.6 Å². The van der Waals surface area contributed by atoms with Gasteiger partial charge in [0.1, 0.15) is 0 Å². The lowest BCUT2D eigenvalue weighted by Gasteiger charge is -2.37. The van der Waals surface area contributed by atoms with Crippen molar-refractivity contribution in [1.82, 2.24) is 5.32 Å². The summed E-state index contributed by atoms with van der Waals surface area (Å²) in [4.78, 5) is 0. The lowest BCUT2D eigenvalue weighted by atomic mass is 9.75. The molecule has 0 amide bonds. The molecule has 0 aliphatic carbocycles. The monoisotopic (exact) mass is 383 g/mol. The van der Waals surface area contributed by atoms with Gasteiger partial charge < -0.3 is 29.0 Å². The number of benzene rings is 2. The Kier molecular flexibility index (Phi) is 4.33. The number of likely N-dealkylation sites (N-methyl/N-ethyl adjacent to an activating group) is 1. The largest absolute Gasteiger partial charge is 0.454 e. The van der Waals surface area contributed by atoms with Crippen molar-refractivity contribution in [1.29, 1.82) is 0 Å². The third kappa shape index (κ3) is 2.88. The number of nitrogens with one attached hydrogen (secondary N) is 1. The van der Waals surface area contributed by atoms with Crippen LogP contribution in [0.5, 0.6) is 23.0 Å². The van der Waals surface area contributed by atoms with E-state index in [1.165, 1.54) is 11.1 Å². The van der Waals surface area contributed by atoms with Crippen LogP contribution in [-0.4, -0.2) is 38.9 Å². The molecule has 0 spiro atoms. The molecular formula is C22H25NO5. The summed E-state index contributed by atoms with van der Waals surface area (Å²) in [5.41, 5.74) is 2.29. The minimum Gasteiger partial charge on any atom is -0.454 e. The molecule has 1 fully saturated rings. The molecular weight excluding hydrogens is 358 g/mol. The molecule has 1 N–H and O–H groups in total. The molecule has 0 aromatic heterocycles.